The van der Waals surface area contributed by atoms with Crippen LogP contribution in [0.2, 0.25) is 0 Å². The molecule has 148 valence electrons. The van der Waals surface area contributed by atoms with Crippen LogP contribution in [0.15, 0.2) is 0 Å². The molecule has 2 amide bonds. The number of hydrogen-bond acceptors (Lipinski definition) is 5. The van der Waals surface area contributed by atoms with E-state index < -0.39 is 21.8 Å². The van der Waals surface area contributed by atoms with Crippen molar-refractivity contribution in [3.8, 4) is 0 Å². The lowest BCUT2D eigenvalue weighted by molar-refractivity contribution is -0.137. The molecule has 0 unspecified atom stereocenters. The minimum Gasteiger partial charge on any atom is -0.384 e. The molecule has 0 spiro atoms. The van der Waals surface area contributed by atoms with Gasteiger partial charge in [-0.15, -0.1) is 0 Å². The van der Waals surface area contributed by atoms with Crippen LogP contribution in [-0.2, 0) is 24.2 Å². The van der Waals surface area contributed by atoms with Crippen LogP contribution in [0.3, 0.4) is 0 Å². The molecule has 2 atom stereocenters. The van der Waals surface area contributed by atoms with E-state index in [0.717, 1.165) is 19.3 Å². The molecule has 7 nitrogen and oxygen atoms in total. The van der Waals surface area contributed by atoms with E-state index in [0.29, 0.717) is 38.0 Å². The molecule has 1 N–H and O–H groups in total. The van der Waals surface area contributed by atoms with E-state index in [1.54, 1.807) is 12.0 Å². The van der Waals surface area contributed by atoms with Crippen LogP contribution in [0, 0.1) is 17.8 Å². The van der Waals surface area contributed by atoms with Crippen LogP contribution >= 0.6 is 0 Å². The molecule has 3 rings (SSSR count). The van der Waals surface area contributed by atoms with Crippen molar-refractivity contribution in [3.63, 3.8) is 0 Å². The standard InChI is InChI=1S/C18H30N2O5S/c1-25-10-14-6-8-20(9-7-14)18(22)15-11-26(23,24)12-16(15)19-17(21)5-4-13-2-3-13/h13-16H,2-12H2,1H3,(H,19,21)/t15-,16-/m1/s1. The van der Waals surface area contributed by atoms with Crippen molar-refractivity contribution in [1.82, 2.24) is 10.2 Å². The summed E-state index contributed by atoms with van der Waals surface area (Å²) < 4.78 is 29.4. The van der Waals surface area contributed by atoms with E-state index in [2.05, 4.69) is 5.32 Å². The van der Waals surface area contributed by atoms with Crippen molar-refractivity contribution in [2.45, 2.75) is 44.6 Å². The maximum atomic E-state index is 12.9. The van der Waals surface area contributed by atoms with Gasteiger partial charge >= 0.3 is 0 Å². The molecule has 26 heavy (non-hydrogen) atoms. The Labute approximate surface area is 155 Å². The van der Waals surface area contributed by atoms with Gasteiger partial charge in [0.05, 0.1) is 23.5 Å². The average molecular weight is 387 g/mol. The quantitative estimate of drug-likeness (QED) is 0.691. The molecule has 0 radical (unpaired) electrons. The third-order valence-corrected chi connectivity index (χ3v) is 7.56. The molecule has 0 bridgehead atoms. The molecular weight excluding hydrogens is 356 g/mol. The third kappa shape index (κ3) is 5.19. The fraction of sp³-hybridized carbons (Fsp3) is 0.889. The van der Waals surface area contributed by atoms with E-state index in [-0.39, 0.29) is 23.3 Å². The van der Waals surface area contributed by atoms with E-state index in [9.17, 15) is 18.0 Å². The Balaban J connectivity index is 1.56. The Kier molecular flexibility index (Phi) is 6.22. The summed E-state index contributed by atoms with van der Waals surface area (Å²) in [5.74, 6) is -0.0853. The number of methoxy groups -OCH3 is 1. The highest BCUT2D eigenvalue weighted by atomic mass is 32.2. The molecule has 2 aliphatic heterocycles. The van der Waals surface area contributed by atoms with Crippen molar-refractivity contribution in [1.29, 1.82) is 0 Å². The van der Waals surface area contributed by atoms with Crippen LogP contribution in [-0.4, -0.2) is 69.5 Å². The van der Waals surface area contributed by atoms with Gasteiger partial charge in [-0.25, -0.2) is 8.42 Å². The van der Waals surface area contributed by atoms with Crippen LogP contribution in [0.1, 0.15) is 38.5 Å². The first-order valence-electron chi connectivity index (χ1n) is 9.65. The highest BCUT2D eigenvalue weighted by Gasteiger charge is 2.44. The van der Waals surface area contributed by atoms with Gasteiger partial charge < -0.3 is 15.0 Å². The van der Waals surface area contributed by atoms with Crippen molar-refractivity contribution in [2.75, 3.05) is 38.3 Å². The number of hydrogen-bond donors (Lipinski definition) is 1. The van der Waals surface area contributed by atoms with Crippen LogP contribution in [0.5, 0.6) is 0 Å². The van der Waals surface area contributed by atoms with Crippen molar-refractivity contribution in [3.05, 3.63) is 0 Å². The zero-order chi connectivity index (χ0) is 18.7. The number of sulfone groups is 1. The molecule has 3 fully saturated rings. The maximum absolute atomic E-state index is 12.9. The molecule has 2 heterocycles. The summed E-state index contributed by atoms with van der Waals surface area (Å²) >= 11 is 0. The molecule has 3 aliphatic rings. The molecular formula is C18H30N2O5S. The minimum atomic E-state index is -3.29. The zero-order valence-corrected chi connectivity index (χ0v) is 16.3. The first-order valence-corrected chi connectivity index (χ1v) is 11.5. The van der Waals surface area contributed by atoms with Gasteiger partial charge in [-0.2, -0.15) is 0 Å². The Morgan fingerprint density at radius 3 is 2.38 bits per heavy atom. The van der Waals surface area contributed by atoms with Gasteiger partial charge in [0.2, 0.25) is 11.8 Å². The molecule has 0 aromatic heterocycles. The monoisotopic (exact) mass is 386 g/mol. The largest absolute Gasteiger partial charge is 0.384 e. The van der Waals surface area contributed by atoms with E-state index in [1.807, 2.05) is 0 Å². The lowest BCUT2D eigenvalue weighted by Gasteiger charge is -2.34. The summed E-state index contributed by atoms with van der Waals surface area (Å²) in [6, 6.07) is -0.587. The molecule has 1 aliphatic carbocycles. The normalized spacial score (nSPS) is 28.9. The summed E-state index contributed by atoms with van der Waals surface area (Å²) in [7, 11) is -1.62. The number of carbonyl (C=O) groups is 2. The first-order chi connectivity index (χ1) is 12.4. The lowest BCUT2D eigenvalue weighted by atomic mass is 9.95. The first kappa shape index (κ1) is 19.6. The van der Waals surface area contributed by atoms with Crippen LogP contribution in [0.25, 0.3) is 0 Å². The second kappa shape index (κ2) is 8.25. The molecule has 0 aromatic carbocycles. The molecule has 1 saturated carbocycles. The Hall–Kier alpha value is -1.15. The summed E-state index contributed by atoms with van der Waals surface area (Å²) in [6.07, 6.45) is 5.40. The lowest BCUT2D eigenvalue weighted by Crippen LogP contribution is -2.49. The number of ether oxygens (including phenoxy) is 1. The SMILES string of the molecule is COCC1CCN(C(=O)[C@@H]2CS(=O)(=O)C[C@H]2NC(=O)CCC2CC2)CC1. The summed E-state index contributed by atoms with van der Waals surface area (Å²) in [6.45, 7) is 1.96. The molecule has 8 heteroatoms. The Bertz CT molecular complexity index is 623. The van der Waals surface area contributed by atoms with Gasteiger partial charge in [0, 0.05) is 33.2 Å². The van der Waals surface area contributed by atoms with Crippen molar-refractivity contribution in [2.24, 2.45) is 17.8 Å². The topological polar surface area (TPSA) is 92.8 Å². The summed E-state index contributed by atoms with van der Waals surface area (Å²) in [5.41, 5.74) is 0. The third-order valence-electron chi connectivity index (χ3n) is 5.82. The molecule has 0 aromatic rings. The fourth-order valence-electron chi connectivity index (χ4n) is 4.04. The Morgan fingerprint density at radius 1 is 1.08 bits per heavy atom. The average Bonchev–Trinajstić information content (AvgIpc) is 3.37. The second-order valence-electron chi connectivity index (χ2n) is 8.06. The van der Waals surface area contributed by atoms with Gasteiger partial charge in [0.15, 0.2) is 9.84 Å². The van der Waals surface area contributed by atoms with Crippen LogP contribution in [0.4, 0.5) is 0 Å². The number of piperidine rings is 1. The van der Waals surface area contributed by atoms with Gasteiger partial charge in [-0.1, -0.05) is 12.8 Å². The van der Waals surface area contributed by atoms with E-state index in [1.165, 1.54) is 12.8 Å². The van der Waals surface area contributed by atoms with Crippen molar-refractivity contribution >= 4 is 21.7 Å². The number of likely N-dealkylation sites (tertiary alicyclic amines) is 1. The number of nitrogens with one attached hydrogen (secondary N) is 1. The van der Waals surface area contributed by atoms with Gasteiger partial charge in [-0.3, -0.25) is 9.59 Å². The number of nitrogens with zero attached hydrogens (tertiary/aromatic N) is 1. The number of rotatable bonds is 7. The summed E-state index contributed by atoms with van der Waals surface area (Å²) in [4.78, 5) is 26.8. The van der Waals surface area contributed by atoms with Gasteiger partial charge in [0.25, 0.3) is 0 Å². The van der Waals surface area contributed by atoms with Gasteiger partial charge in [-0.05, 0) is 31.1 Å². The van der Waals surface area contributed by atoms with E-state index in [4.69, 9.17) is 4.74 Å². The molecule has 2 saturated heterocycles. The smallest absolute Gasteiger partial charge is 0.228 e. The predicted octanol–water partition coefficient (Wildman–Crippen LogP) is 0.591. The van der Waals surface area contributed by atoms with Crippen LogP contribution < -0.4 is 5.32 Å². The summed E-state index contributed by atoms with van der Waals surface area (Å²) in [5, 5.41) is 2.83. The van der Waals surface area contributed by atoms with Gasteiger partial charge in [0.1, 0.15) is 0 Å². The van der Waals surface area contributed by atoms with E-state index >= 15 is 0 Å². The maximum Gasteiger partial charge on any atom is 0.228 e. The van der Waals surface area contributed by atoms with Crippen molar-refractivity contribution < 1.29 is 22.7 Å². The predicted molar refractivity (Wildman–Crippen MR) is 97.2 cm³/mol. The number of amides is 2. The Morgan fingerprint density at radius 2 is 1.77 bits per heavy atom. The highest BCUT2D eigenvalue weighted by Crippen LogP contribution is 2.33. The number of carbonyl (C=O) groups excluding carboxylic acids is 2. The zero-order valence-electron chi connectivity index (χ0n) is 15.5. The second-order valence-corrected chi connectivity index (χ2v) is 10.2. The highest BCUT2D eigenvalue weighted by molar-refractivity contribution is 7.91. The fourth-order valence-corrected chi connectivity index (χ4v) is 5.96. The minimum absolute atomic E-state index is 0.126.